The Balaban J connectivity index is 1.19. The molecule has 0 aliphatic heterocycles. The third-order valence-electron chi connectivity index (χ3n) is 10.9. The smallest absolute Gasteiger partial charge is 0.135 e. The molecular weight excluding hydrogens is 687 g/mol. The molecule has 0 N–H and O–H groups in total. The first-order valence-electron chi connectivity index (χ1n) is 18.7. The van der Waals surface area contributed by atoms with Crippen LogP contribution in [0.5, 0.6) is 0 Å². The average molecular weight is 720 g/mol. The Kier molecular flexibility index (Phi) is 7.39. The molecule has 0 aliphatic carbocycles. The van der Waals surface area contributed by atoms with Crippen LogP contribution in [-0.2, 0) is 0 Å². The second-order valence-corrected chi connectivity index (χ2v) is 15.2. The number of thiophene rings is 1. The van der Waals surface area contributed by atoms with Crippen molar-refractivity contribution >= 4 is 81.3 Å². The van der Waals surface area contributed by atoms with E-state index in [9.17, 15) is 0 Å². The van der Waals surface area contributed by atoms with Gasteiger partial charge in [0, 0.05) is 47.8 Å². The third-order valence-corrected chi connectivity index (χ3v) is 12.0. The van der Waals surface area contributed by atoms with Crippen molar-refractivity contribution in [3.63, 3.8) is 0 Å². The van der Waals surface area contributed by atoms with Crippen molar-refractivity contribution < 1.29 is 4.42 Å². The summed E-state index contributed by atoms with van der Waals surface area (Å²) in [6.07, 6.45) is 0. The van der Waals surface area contributed by atoms with Crippen LogP contribution in [0.1, 0.15) is 0 Å². The molecule has 3 heteroatoms. The maximum atomic E-state index is 6.26. The molecule has 0 fully saturated rings. The summed E-state index contributed by atoms with van der Waals surface area (Å²) in [5.41, 5.74) is 12.1. The minimum Gasteiger partial charge on any atom is -0.456 e. The summed E-state index contributed by atoms with van der Waals surface area (Å²) in [5.74, 6) is 0. The molecule has 2 heterocycles. The van der Waals surface area contributed by atoms with Crippen LogP contribution in [0.2, 0.25) is 0 Å². The van der Waals surface area contributed by atoms with Crippen LogP contribution >= 0.6 is 11.3 Å². The number of hydrogen-bond acceptors (Lipinski definition) is 3. The monoisotopic (exact) mass is 719 g/mol. The Morgan fingerprint density at radius 2 is 1.02 bits per heavy atom. The van der Waals surface area contributed by atoms with Crippen molar-refractivity contribution in [3.05, 3.63) is 200 Å². The van der Waals surface area contributed by atoms with Crippen molar-refractivity contribution in [1.29, 1.82) is 0 Å². The normalized spacial score (nSPS) is 11.6. The predicted molar refractivity (Wildman–Crippen MR) is 235 cm³/mol. The van der Waals surface area contributed by atoms with E-state index in [4.69, 9.17) is 4.42 Å². The molecule has 0 saturated heterocycles. The molecule has 258 valence electrons. The lowest BCUT2D eigenvalue weighted by molar-refractivity contribution is 0.669. The van der Waals surface area contributed by atoms with Gasteiger partial charge in [-0.05, 0) is 87.6 Å². The summed E-state index contributed by atoms with van der Waals surface area (Å²) in [7, 11) is 0. The van der Waals surface area contributed by atoms with E-state index in [0.29, 0.717) is 0 Å². The van der Waals surface area contributed by atoms with Gasteiger partial charge in [-0.3, -0.25) is 0 Å². The lowest BCUT2D eigenvalue weighted by Gasteiger charge is -2.30. The molecule has 0 saturated carbocycles. The highest BCUT2D eigenvalue weighted by Gasteiger charge is 2.23. The number of nitrogens with zero attached hydrogens (tertiary/aromatic N) is 1. The number of benzene rings is 9. The van der Waals surface area contributed by atoms with Crippen molar-refractivity contribution in [2.45, 2.75) is 0 Å². The topological polar surface area (TPSA) is 16.4 Å². The lowest BCUT2D eigenvalue weighted by Crippen LogP contribution is -2.12. The Morgan fingerprint density at radius 3 is 1.95 bits per heavy atom. The number of rotatable bonds is 6. The molecule has 0 radical (unpaired) electrons. The van der Waals surface area contributed by atoms with Gasteiger partial charge in [-0.2, -0.15) is 0 Å². The highest BCUT2D eigenvalue weighted by Crippen LogP contribution is 2.48. The number of hydrogen-bond donors (Lipinski definition) is 0. The molecule has 0 aliphatic rings. The van der Waals surface area contributed by atoms with Gasteiger partial charge in [0.2, 0.25) is 0 Å². The number of anilines is 3. The van der Waals surface area contributed by atoms with Crippen LogP contribution in [0, 0.1) is 0 Å². The molecule has 11 rings (SSSR count). The van der Waals surface area contributed by atoms with E-state index in [2.05, 4.69) is 193 Å². The number of fused-ring (bicyclic) bond motifs is 7. The highest BCUT2D eigenvalue weighted by molar-refractivity contribution is 7.25. The molecule has 0 bridgehead atoms. The van der Waals surface area contributed by atoms with Gasteiger partial charge >= 0.3 is 0 Å². The Morgan fingerprint density at radius 1 is 0.345 bits per heavy atom. The van der Waals surface area contributed by atoms with Crippen LogP contribution in [0.15, 0.2) is 205 Å². The summed E-state index contributed by atoms with van der Waals surface area (Å²) in [5, 5.41) is 7.28. The van der Waals surface area contributed by atoms with E-state index in [1.807, 2.05) is 23.5 Å². The van der Waals surface area contributed by atoms with E-state index >= 15 is 0 Å². The maximum absolute atomic E-state index is 6.26. The van der Waals surface area contributed by atoms with E-state index in [-0.39, 0.29) is 0 Å². The van der Waals surface area contributed by atoms with Crippen LogP contribution in [-0.4, -0.2) is 0 Å². The van der Waals surface area contributed by atoms with Crippen molar-refractivity contribution in [3.8, 4) is 33.4 Å². The molecule has 55 heavy (non-hydrogen) atoms. The van der Waals surface area contributed by atoms with Gasteiger partial charge in [0.05, 0.1) is 11.4 Å². The summed E-state index contributed by atoms with van der Waals surface area (Å²) < 4.78 is 8.82. The summed E-state index contributed by atoms with van der Waals surface area (Å²) in [4.78, 5) is 2.48. The van der Waals surface area contributed by atoms with Crippen molar-refractivity contribution in [2.75, 3.05) is 4.90 Å². The van der Waals surface area contributed by atoms with Gasteiger partial charge in [-0.15, -0.1) is 11.3 Å². The van der Waals surface area contributed by atoms with Crippen LogP contribution in [0.25, 0.3) is 86.3 Å². The van der Waals surface area contributed by atoms with Gasteiger partial charge in [0.1, 0.15) is 11.2 Å². The molecule has 0 amide bonds. The largest absolute Gasteiger partial charge is 0.456 e. The van der Waals surface area contributed by atoms with E-state index < -0.39 is 0 Å². The Hall–Kier alpha value is -6.94. The highest BCUT2D eigenvalue weighted by atomic mass is 32.1. The van der Waals surface area contributed by atoms with E-state index in [1.165, 1.54) is 42.1 Å². The molecule has 0 spiro atoms. The Bertz CT molecular complexity index is 3230. The predicted octanol–water partition coefficient (Wildman–Crippen LogP) is 15.6. The molecule has 2 nitrogen and oxygen atoms in total. The lowest BCUT2D eigenvalue weighted by atomic mass is 9.94. The summed E-state index contributed by atoms with van der Waals surface area (Å²) in [6, 6.07) is 72.5. The van der Waals surface area contributed by atoms with Gasteiger partial charge in [-0.25, -0.2) is 0 Å². The summed E-state index contributed by atoms with van der Waals surface area (Å²) in [6.45, 7) is 0. The SMILES string of the molecule is c1ccc(-c2ccc(-c3ccc4ccccc4c3)cc2N(c2ccc3c(c2)sc2ccccc23)c2ccccc2-c2ccc3oc4ccccc4c3c2)cc1. The minimum absolute atomic E-state index is 0.893. The van der Waals surface area contributed by atoms with Gasteiger partial charge in [-0.1, -0.05) is 146 Å². The van der Waals surface area contributed by atoms with E-state index in [0.717, 1.165) is 61.3 Å². The van der Waals surface area contributed by atoms with Gasteiger partial charge in [0.15, 0.2) is 0 Å². The van der Waals surface area contributed by atoms with Gasteiger partial charge < -0.3 is 9.32 Å². The van der Waals surface area contributed by atoms with Crippen LogP contribution in [0.3, 0.4) is 0 Å². The zero-order chi connectivity index (χ0) is 36.3. The van der Waals surface area contributed by atoms with E-state index in [1.54, 1.807) is 0 Å². The minimum atomic E-state index is 0.893. The fraction of sp³-hybridized carbons (Fsp3) is 0. The van der Waals surface area contributed by atoms with Gasteiger partial charge in [0.25, 0.3) is 0 Å². The fourth-order valence-corrected chi connectivity index (χ4v) is 9.33. The van der Waals surface area contributed by atoms with Crippen molar-refractivity contribution in [2.24, 2.45) is 0 Å². The van der Waals surface area contributed by atoms with Crippen LogP contribution in [0.4, 0.5) is 17.1 Å². The quantitative estimate of drug-likeness (QED) is 0.170. The average Bonchev–Trinajstić information content (AvgIpc) is 3.82. The first-order valence-corrected chi connectivity index (χ1v) is 19.5. The zero-order valence-corrected chi connectivity index (χ0v) is 30.6. The molecular formula is C52H33NOS. The second-order valence-electron chi connectivity index (χ2n) is 14.1. The molecule has 0 unspecified atom stereocenters. The standard InChI is InChI=1S/C52H33NOS/c1-2-13-35(14-3-1)42-27-24-38(37-23-22-34-12-4-5-15-36(34)30-37)32-48(42)53(40-26-28-45-44-18-8-11-21-51(44)55-52(45)33-40)47-19-9-6-16-41(47)39-25-29-50-46(31-39)43-17-7-10-20-49(43)54-50/h1-33H. The fourth-order valence-electron chi connectivity index (χ4n) is 8.19. The van der Waals surface area contributed by atoms with Crippen LogP contribution < -0.4 is 4.90 Å². The second kappa shape index (κ2) is 12.9. The first-order chi connectivity index (χ1) is 27.2. The summed E-state index contributed by atoms with van der Waals surface area (Å²) >= 11 is 1.85. The third kappa shape index (κ3) is 5.40. The Labute approximate surface area is 322 Å². The maximum Gasteiger partial charge on any atom is 0.135 e. The number of furan rings is 1. The molecule has 11 aromatic rings. The molecule has 2 aromatic heterocycles. The van der Waals surface area contributed by atoms with Crippen molar-refractivity contribution in [1.82, 2.24) is 0 Å². The first kappa shape index (κ1) is 31.6. The molecule has 0 atom stereocenters. The number of para-hydroxylation sites is 2. The molecule has 9 aromatic carbocycles. The zero-order valence-electron chi connectivity index (χ0n) is 29.8.